The summed E-state index contributed by atoms with van der Waals surface area (Å²) in [5, 5.41) is 1.86. The molecule has 0 unspecified atom stereocenters. The Hall–Kier alpha value is -3.15. The molecule has 138 valence electrons. The number of aromatic nitrogens is 2. The molecule has 1 aliphatic rings. The number of piperazine rings is 1. The third-order valence-electron chi connectivity index (χ3n) is 4.82. The molecule has 4 rings (SSSR count). The number of rotatable bonds is 4. The van der Waals surface area contributed by atoms with Crippen LogP contribution in [0.4, 0.5) is 11.6 Å². The van der Waals surface area contributed by atoms with Crippen LogP contribution in [0.1, 0.15) is 17.3 Å². The highest BCUT2D eigenvalue weighted by Crippen LogP contribution is 2.28. The minimum absolute atomic E-state index is 0.326. The monoisotopic (exact) mass is 362 g/mol. The van der Waals surface area contributed by atoms with E-state index >= 15 is 0 Å². The highest BCUT2D eigenvalue weighted by molar-refractivity contribution is 6.07. The molecule has 0 aliphatic carbocycles. The summed E-state index contributed by atoms with van der Waals surface area (Å²) in [7, 11) is 0. The smallest absolute Gasteiger partial charge is 0.340 e. The normalized spacial score (nSPS) is 14.4. The molecule has 0 radical (unpaired) electrons. The molecule has 2 aromatic heterocycles. The Morgan fingerprint density at radius 1 is 0.963 bits per heavy atom. The van der Waals surface area contributed by atoms with Gasteiger partial charge in [0.15, 0.2) is 0 Å². The summed E-state index contributed by atoms with van der Waals surface area (Å²) < 4.78 is 5.18. The Morgan fingerprint density at radius 2 is 1.67 bits per heavy atom. The summed E-state index contributed by atoms with van der Waals surface area (Å²) in [6.45, 7) is 5.63. The van der Waals surface area contributed by atoms with E-state index in [1.54, 1.807) is 6.20 Å². The number of fused-ring (bicyclic) bond motifs is 1. The van der Waals surface area contributed by atoms with Crippen LogP contribution in [0.5, 0.6) is 0 Å². The van der Waals surface area contributed by atoms with E-state index in [4.69, 9.17) is 4.74 Å². The van der Waals surface area contributed by atoms with Crippen LogP contribution in [0.3, 0.4) is 0 Å². The molecule has 0 N–H and O–H groups in total. The number of carbonyl (C=O) groups excluding carboxylic acids is 1. The average molecular weight is 362 g/mol. The maximum atomic E-state index is 12.3. The minimum atomic E-state index is -0.326. The van der Waals surface area contributed by atoms with E-state index in [0.717, 1.165) is 48.6 Å². The van der Waals surface area contributed by atoms with Gasteiger partial charge in [-0.25, -0.2) is 14.8 Å². The number of benzene rings is 1. The topological polar surface area (TPSA) is 58.6 Å². The largest absolute Gasteiger partial charge is 0.462 e. The molecule has 27 heavy (non-hydrogen) atoms. The zero-order valence-corrected chi connectivity index (χ0v) is 15.3. The first kappa shape index (κ1) is 17.3. The van der Waals surface area contributed by atoms with Crippen LogP contribution in [0, 0.1) is 0 Å². The summed E-state index contributed by atoms with van der Waals surface area (Å²) in [4.78, 5) is 25.9. The Labute approximate surface area is 158 Å². The van der Waals surface area contributed by atoms with Crippen LogP contribution in [-0.4, -0.2) is 48.7 Å². The number of hydrogen-bond acceptors (Lipinski definition) is 6. The lowest BCUT2D eigenvalue weighted by Crippen LogP contribution is -2.47. The molecule has 0 saturated carbocycles. The van der Waals surface area contributed by atoms with Crippen LogP contribution < -0.4 is 9.80 Å². The van der Waals surface area contributed by atoms with Gasteiger partial charge in [0.1, 0.15) is 11.6 Å². The van der Waals surface area contributed by atoms with Crippen molar-refractivity contribution in [3.05, 3.63) is 60.4 Å². The molecule has 6 nitrogen and oxygen atoms in total. The summed E-state index contributed by atoms with van der Waals surface area (Å²) in [5.41, 5.74) is 0.517. The fraction of sp³-hybridized carbons (Fsp3) is 0.286. The first-order chi connectivity index (χ1) is 13.3. The van der Waals surface area contributed by atoms with Crippen molar-refractivity contribution in [3.8, 4) is 0 Å². The van der Waals surface area contributed by atoms with Crippen molar-refractivity contribution in [2.45, 2.75) is 6.92 Å². The minimum Gasteiger partial charge on any atom is -0.462 e. The lowest BCUT2D eigenvalue weighted by Gasteiger charge is -2.36. The van der Waals surface area contributed by atoms with E-state index in [1.165, 1.54) is 0 Å². The molecule has 3 aromatic rings. The van der Waals surface area contributed by atoms with E-state index < -0.39 is 0 Å². The van der Waals surface area contributed by atoms with Gasteiger partial charge in [0.05, 0.1) is 12.2 Å². The van der Waals surface area contributed by atoms with Crippen molar-refractivity contribution in [2.75, 3.05) is 42.6 Å². The molecule has 0 amide bonds. The summed E-state index contributed by atoms with van der Waals surface area (Å²) >= 11 is 0. The fourth-order valence-corrected chi connectivity index (χ4v) is 3.49. The van der Waals surface area contributed by atoms with E-state index in [9.17, 15) is 4.79 Å². The van der Waals surface area contributed by atoms with Gasteiger partial charge >= 0.3 is 5.97 Å². The number of pyridine rings is 2. The van der Waals surface area contributed by atoms with Gasteiger partial charge < -0.3 is 14.5 Å². The van der Waals surface area contributed by atoms with Gasteiger partial charge in [-0.2, -0.15) is 0 Å². The molecular formula is C21H22N4O2. The standard InChI is InChI=1S/C21H22N4O2/c1-2-27-21(26)18-15-23-20(17-8-4-3-7-16(17)18)25-13-11-24(12-14-25)19-9-5-6-10-22-19/h3-10,15H,2,11-14H2,1H3. The van der Waals surface area contributed by atoms with Crippen LogP contribution in [-0.2, 0) is 4.74 Å². The van der Waals surface area contributed by atoms with Gasteiger partial charge in [-0.1, -0.05) is 30.3 Å². The van der Waals surface area contributed by atoms with Gasteiger partial charge in [0.2, 0.25) is 0 Å². The third-order valence-corrected chi connectivity index (χ3v) is 4.82. The second kappa shape index (κ2) is 7.61. The first-order valence-electron chi connectivity index (χ1n) is 9.23. The SMILES string of the molecule is CCOC(=O)c1cnc(N2CCN(c3ccccn3)CC2)c2ccccc12. The average Bonchev–Trinajstić information content (AvgIpc) is 2.74. The fourth-order valence-electron chi connectivity index (χ4n) is 3.49. The van der Waals surface area contributed by atoms with Crippen molar-refractivity contribution in [3.63, 3.8) is 0 Å². The molecule has 3 heterocycles. The number of anilines is 2. The highest BCUT2D eigenvalue weighted by atomic mass is 16.5. The van der Waals surface area contributed by atoms with Gasteiger partial charge in [-0.3, -0.25) is 0 Å². The molecule has 0 spiro atoms. The first-order valence-corrected chi connectivity index (χ1v) is 9.23. The van der Waals surface area contributed by atoms with E-state index in [-0.39, 0.29) is 5.97 Å². The quantitative estimate of drug-likeness (QED) is 0.665. The second-order valence-corrected chi connectivity index (χ2v) is 6.42. The molecule has 0 atom stereocenters. The molecule has 6 heteroatoms. The van der Waals surface area contributed by atoms with Crippen LogP contribution in [0.15, 0.2) is 54.9 Å². The van der Waals surface area contributed by atoms with E-state index in [0.29, 0.717) is 12.2 Å². The Morgan fingerprint density at radius 3 is 2.37 bits per heavy atom. The predicted molar refractivity (Wildman–Crippen MR) is 106 cm³/mol. The number of ether oxygens (including phenoxy) is 1. The number of nitrogens with zero attached hydrogens (tertiary/aromatic N) is 4. The lowest BCUT2D eigenvalue weighted by molar-refractivity contribution is 0.0528. The Kier molecular flexibility index (Phi) is 4.87. The van der Waals surface area contributed by atoms with Gasteiger partial charge in [0, 0.05) is 49.3 Å². The maximum Gasteiger partial charge on any atom is 0.340 e. The Bertz CT molecular complexity index is 937. The molecule has 0 bridgehead atoms. The third kappa shape index (κ3) is 3.43. The van der Waals surface area contributed by atoms with E-state index in [2.05, 4.69) is 19.8 Å². The van der Waals surface area contributed by atoms with Crippen molar-refractivity contribution in [1.82, 2.24) is 9.97 Å². The van der Waals surface area contributed by atoms with Gasteiger partial charge in [0.25, 0.3) is 0 Å². The summed E-state index contributed by atoms with van der Waals surface area (Å²) in [5.74, 6) is 1.60. The highest BCUT2D eigenvalue weighted by Gasteiger charge is 2.22. The number of carbonyl (C=O) groups is 1. The second-order valence-electron chi connectivity index (χ2n) is 6.42. The van der Waals surface area contributed by atoms with Gasteiger partial charge in [-0.05, 0) is 19.1 Å². The van der Waals surface area contributed by atoms with Crippen molar-refractivity contribution in [1.29, 1.82) is 0 Å². The van der Waals surface area contributed by atoms with Crippen LogP contribution in [0.25, 0.3) is 10.8 Å². The molecular weight excluding hydrogens is 340 g/mol. The van der Waals surface area contributed by atoms with Crippen molar-refractivity contribution in [2.24, 2.45) is 0 Å². The molecule has 1 saturated heterocycles. The van der Waals surface area contributed by atoms with Crippen LogP contribution in [0.2, 0.25) is 0 Å². The lowest BCUT2D eigenvalue weighted by atomic mass is 10.1. The van der Waals surface area contributed by atoms with E-state index in [1.807, 2.05) is 55.6 Å². The van der Waals surface area contributed by atoms with Crippen molar-refractivity contribution >= 4 is 28.4 Å². The summed E-state index contributed by atoms with van der Waals surface area (Å²) in [6.07, 6.45) is 3.46. The summed E-state index contributed by atoms with van der Waals surface area (Å²) in [6, 6.07) is 13.9. The maximum absolute atomic E-state index is 12.3. The van der Waals surface area contributed by atoms with Crippen LogP contribution >= 0.6 is 0 Å². The Balaban J connectivity index is 1.60. The zero-order valence-electron chi connectivity index (χ0n) is 15.3. The zero-order chi connectivity index (χ0) is 18.6. The predicted octanol–water partition coefficient (Wildman–Crippen LogP) is 3.13. The molecule has 1 aliphatic heterocycles. The van der Waals surface area contributed by atoms with Crippen molar-refractivity contribution < 1.29 is 9.53 Å². The number of hydrogen-bond donors (Lipinski definition) is 0. The molecule has 1 aromatic carbocycles. The van der Waals surface area contributed by atoms with Gasteiger partial charge in [-0.15, -0.1) is 0 Å². The number of esters is 1. The molecule has 1 fully saturated rings.